The molecule has 3 aromatic rings. The van der Waals surface area contributed by atoms with Crippen molar-refractivity contribution in [1.29, 1.82) is 0 Å². The predicted octanol–water partition coefficient (Wildman–Crippen LogP) is 5.30. The number of alkyl halides is 3. The number of hydrogen-bond acceptors (Lipinski definition) is 3. The number of rotatable bonds is 7. The molecule has 0 atom stereocenters. The molecule has 0 aliphatic carbocycles. The molecule has 29 heavy (non-hydrogen) atoms. The molecule has 0 heterocycles. The second-order valence-electron chi connectivity index (χ2n) is 6.13. The largest absolute Gasteiger partial charge is 0.487 e. The number of benzene rings is 3. The second-order valence-corrected chi connectivity index (χ2v) is 6.13. The van der Waals surface area contributed by atoms with E-state index in [1.807, 2.05) is 6.07 Å². The molecule has 0 saturated heterocycles. The van der Waals surface area contributed by atoms with Crippen LogP contribution in [0.4, 0.5) is 18.9 Å². The molecule has 1 N–H and O–H groups in total. The Bertz CT molecular complexity index is 942. The molecule has 0 fully saturated rings. The summed E-state index contributed by atoms with van der Waals surface area (Å²) in [6.45, 7) is -0.108. The van der Waals surface area contributed by atoms with Gasteiger partial charge in [-0.1, -0.05) is 42.5 Å². The third-order valence-electron chi connectivity index (χ3n) is 3.95. The summed E-state index contributed by atoms with van der Waals surface area (Å²) in [5.41, 5.74) is 0.306. The number of amides is 1. The monoisotopic (exact) mass is 401 g/mol. The molecule has 0 spiro atoms. The maximum absolute atomic E-state index is 12.6. The summed E-state index contributed by atoms with van der Waals surface area (Å²) in [6.07, 6.45) is -4.38. The Morgan fingerprint density at radius 2 is 1.48 bits per heavy atom. The second kappa shape index (κ2) is 9.14. The maximum Gasteiger partial charge on any atom is 0.416 e. The van der Waals surface area contributed by atoms with Crippen LogP contribution < -0.4 is 14.8 Å². The smallest absolute Gasteiger partial charge is 0.416 e. The van der Waals surface area contributed by atoms with Crippen LogP contribution in [0.2, 0.25) is 0 Å². The number of carbonyl (C=O) groups is 1. The van der Waals surface area contributed by atoms with Crippen LogP contribution in [0, 0.1) is 0 Å². The molecule has 4 nitrogen and oxygen atoms in total. The van der Waals surface area contributed by atoms with Crippen molar-refractivity contribution in [3.63, 3.8) is 0 Å². The Kier molecular flexibility index (Phi) is 6.39. The van der Waals surface area contributed by atoms with Gasteiger partial charge >= 0.3 is 6.18 Å². The summed E-state index contributed by atoms with van der Waals surface area (Å²) in [5.74, 6) is 0.620. The minimum absolute atomic E-state index is 0.0610. The van der Waals surface area contributed by atoms with E-state index in [0.717, 1.165) is 12.1 Å². The maximum atomic E-state index is 12.6. The topological polar surface area (TPSA) is 47.6 Å². The van der Waals surface area contributed by atoms with E-state index in [2.05, 4.69) is 5.32 Å². The molecule has 0 aromatic heterocycles. The van der Waals surface area contributed by atoms with Gasteiger partial charge in [0.25, 0.3) is 5.91 Å². The van der Waals surface area contributed by atoms with Gasteiger partial charge in [-0.15, -0.1) is 0 Å². The van der Waals surface area contributed by atoms with Crippen LogP contribution in [0.5, 0.6) is 11.5 Å². The van der Waals surface area contributed by atoms with Gasteiger partial charge in [-0.3, -0.25) is 4.79 Å². The fraction of sp³-hybridized carbons (Fsp3) is 0.136. The lowest BCUT2D eigenvalue weighted by atomic mass is 10.1. The normalized spacial score (nSPS) is 11.0. The van der Waals surface area contributed by atoms with Gasteiger partial charge in [0.2, 0.25) is 0 Å². The number of nitrogens with one attached hydrogen (secondary N) is 1. The number of hydrogen-bond donors (Lipinski definition) is 1. The summed E-state index contributed by atoms with van der Waals surface area (Å²) < 4.78 is 49.0. The van der Waals surface area contributed by atoms with E-state index >= 15 is 0 Å². The van der Waals surface area contributed by atoms with Crippen molar-refractivity contribution in [2.75, 3.05) is 11.9 Å². The lowest BCUT2D eigenvalue weighted by Crippen LogP contribution is -2.20. The van der Waals surface area contributed by atoms with Crippen molar-refractivity contribution in [2.24, 2.45) is 0 Å². The zero-order chi connectivity index (χ0) is 20.7. The highest BCUT2D eigenvalue weighted by Crippen LogP contribution is 2.29. The van der Waals surface area contributed by atoms with Crippen molar-refractivity contribution in [3.05, 3.63) is 90.0 Å². The highest BCUT2D eigenvalue weighted by atomic mass is 19.4. The van der Waals surface area contributed by atoms with Gasteiger partial charge in [0.05, 0.1) is 11.3 Å². The fourth-order valence-electron chi connectivity index (χ4n) is 2.50. The number of ether oxygens (including phenoxy) is 2. The number of para-hydroxylation sites is 3. The van der Waals surface area contributed by atoms with Gasteiger partial charge in [-0.25, -0.2) is 0 Å². The Balaban J connectivity index is 1.58. The van der Waals surface area contributed by atoms with E-state index in [1.54, 1.807) is 48.5 Å². The first-order valence-electron chi connectivity index (χ1n) is 8.77. The van der Waals surface area contributed by atoms with Crippen LogP contribution in [0.1, 0.15) is 11.1 Å². The summed E-state index contributed by atoms with van der Waals surface area (Å²) >= 11 is 0. The van der Waals surface area contributed by atoms with E-state index < -0.39 is 11.7 Å². The Morgan fingerprint density at radius 3 is 2.17 bits per heavy atom. The minimum atomic E-state index is -4.38. The molecule has 150 valence electrons. The molecule has 0 bridgehead atoms. The third kappa shape index (κ3) is 6.00. The molecule has 0 aliphatic heterocycles. The summed E-state index contributed by atoms with van der Waals surface area (Å²) in [6, 6.07) is 20.5. The van der Waals surface area contributed by atoms with E-state index in [1.165, 1.54) is 12.1 Å². The first-order chi connectivity index (χ1) is 13.9. The number of halogens is 3. The van der Waals surface area contributed by atoms with Crippen LogP contribution in [-0.4, -0.2) is 12.5 Å². The molecule has 0 radical (unpaired) electrons. The molecule has 0 aliphatic rings. The zero-order valence-electron chi connectivity index (χ0n) is 15.3. The molecular formula is C22H18F3NO3. The summed E-state index contributed by atoms with van der Waals surface area (Å²) in [7, 11) is 0. The molecule has 7 heteroatoms. The average molecular weight is 401 g/mol. The first kappa shape index (κ1) is 20.3. The average Bonchev–Trinajstić information content (AvgIpc) is 2.72. The van der Waals surface area contributed by atoms with Crippen molar-refractivity contribution < 1.29 is 27.4 Å². The van der Waals surface area contributed by atoms with E-state index in [-0.39, 0.29) is 19.1 Å². The molecule has 3 aromatic carbocycles. The van der Waals surface area contributed by atoms with Gasteiger partial charge in [-0.2, -0.15) is 13.2 Å². The quantitative estimate of drug-likeness (QED) is 0.584. The molecule has 0 saturated carbocycles. The Labute approximate surface area is 165 Å². The number of carbonyl (C=O) groups excluding carboxylic acids is 1. The minimum Gasteiger partial charge on any atom is -0.487 e. The fourth-order valence-corrected chi connectivity index (χ4v) is 2.50. The van der Waals surface area contributed by atoms with E-state index in [9.17, 15) is 18.0 Å². The van der Waals surface area contributed by atoms with Crippen LogP contribution in [0.25, 0.3) is 0 Å². The SMILES string of the molecule is O=C(COc1ccccc1)Nc1ccccc1OCc1ccc(C(F)(F)F)cc1. The molecular weight excluding hydrogens is 383 g/mol. The highest BCUT2D eigenvalue weighted by molar-refractivity contribution is 5.93. The van der Waals surface area contributed by atoms with Crippen LogP contribution in [0.15, 0.2) is 78.9 Å². The summed E-state index contributed by atoms with van der Waals surface area (Å²) in [4.78, 5) is 12.1. The van der Waals surface area contributed by atoms with Gasteiger partial charge in [0, 0.05) is 0 Å². The van der Waals surface area contributed by atoms with Crippen LogP contribution in [-0.2, 0) is 17.6 Å². The van der Waals surface area contributed by atoms with Crippen molar-refractivity contribution in [2.45, 2.75) is 12.8 Å². The van der Waals surface area contributed by atoms with Crippen molar-refractivity contribution in [3.8, 4) is 11.5 Å². The zero-order valence-corrected chi connectivity index (χ0v) is 15.3. The summed E-state index contributed by atoms with van der Waals surface area (Å²) in [5, 5.41) is 2.71. The van der Waals surface area contributed by atoms with Gasteiger partial charge in [0.15, 0.2) is 6.61 Å². The van der Waals surface area contributed by atoms with Gasteiger partial charge in [0.1, 0.15) is 18.1 Å². The van der Waals surface area contributed by atoms with E-state index in [0.29, 0.717) is 22.7 Å². The van der Waals surface area contributed by atoms with Gasteiger partial charge < -0.3 is 14.8 Å². The molecule has 0 unspecified atom stereocenters. The van der Waals surface area contributed by atoms with Crippen LogP contribution in [0.3, 0.4) is 0 Å². The Morgan fingerprint density at radius 1 is 0.828 bits per heavy atom. The third-order valence-corrected chi connectivity index (χ3v) is 3.95. The lowest BCUT2D eigenvalue weighted by molar-refractivity contribution is -0.137. The molecule has 3 rings (SSSR count). The number of anilines is 1. The van der Waals surface area contributed by atoms with Crippen molar-refractivity contribution >= 4 is 11.6 Å². The van der Waals surface area contributed by atoms with Crippen LogP contribution >= 0.6 is 0 Å². The Hall–Kier alpha value is -3.48. The molecule has 1 amide bonds. The lowest BCUT2D eigenvalue weighted by Gasteiger charge is -2.13. The standard InChI is InChI=1S/C22H18F3NO3/c23-22(24,25)17-12-10-16(11-13-17)14-29-20-9-5-4-8-19(20)26-21(27)15-28-18-6-2-1-3-7-18/h1-13H,14-15H2,(H,26,27). The predicted molar refractivity (Wildman–Crippen MR) is 103 cm³/mol. The van der Waals surface area contributed by atoms with E-state index in [4.69, 9.17) is 9.47 Å². The van der Waals surface area contributed by atoms with Crippen molar-refractivity contribution in [1.82, 2.24) is 0 Å². The first-order valence-corrected chi connectivity index (χ1v) is 8.77. The highest BCUT2D eigenvalue weighted by Gasteiger charge is 2.29. The van der Waals surface area contributed by atoms with Gasteiger partial charge in [-0.05, 0) is 42.0 Å².